The van der Waals surface area contributed by atoms with E-state index in [2.05, 4.69) is 62.4 Å². The molecule has 0 unspecified atom stereocenters. The number of carbonyl (C=O) groups is 2. The van der Waals surface area contributed by atoms with Crippen LogP contribution >= 0.6 is 0 Å². The van der Waals surface area contributed by atoms with Gasteiger partial charge in [-0.2, -0.15) is 0 Å². The molecule has 1 amide bonds. The first kappa shape index (κ1) is 29.9. The van der Waals surface area contributed by atoms with Crippen molar-refractivity contribution in [1.82, 2.24) is 4.90 Å². The summed E-state index contributed by atoms with van der Waals surface area (Å²) in [4.78, 5) is 25.8. The van der Waals surface area contributed by atoms with Crippen LogP contribution in [0, 0.1) is 13.8 Å². The van der Waals surface area contributed by atoms with Gasteiger partial charge in [-0.15, -0.1) is 0 Å². The van der Waals surface area contributed by atoms with E-state index in [-0.39, 0.29) is 0 Å². The highest BCUT2D eigenvalue weighted by Gasteiger charge is 2.35. The highest BCUT2D eigenvalue weighted by molar-refractivity contribution is 5.88. The van der Waals surface area contributed by atoms with E-state index in [0.29, 0.717) is 13.0 Å². The highest BCUT2D eigenvalue weighted by atomic mass is 16.5. The molecule has 0 radical (unpaired) electrons. The molecule has 0 saturated heterocycles. The SMILES string of the molecule is Cc1ccc(CCC/C=C/O[C@@H](C(=O)N(C)CCCCCc2ccc3ccccc3c2)[C@@H](O)C(=O)O)cc1C. The number of benzene rings is 3. The van der Waals surface area contributed by atoms with Gasteiger partial charge in [-0.3, -0.25) is 4.79 Å². The first-order valence-electron chi connectivity index (χ1n) is 13.8. The second-order valence-corrected chi connectivity index (χ2v) is 10.3. The molecular weight excluding hydrogens is 490 g/mol. The molecule has 3 rings (SSSR count). The predicted molar refractivity (Wildman–Crippen MR) is 156 cm³/mol. The monoisotopic (exact) mass is 531 g/mol. The zero-order valence-electron chi connectivity index (χ0n) is 23.3. The maximum absolute atomic E-state index is 12.9. The number of carboxylic acids is 1. The molecule has 3 aromatic carbocycles. The van der Waals surface area contributed by atoms with Crippen LogP contribution in [0.4, 0.5) is 0 Å². The molecule has 0 bridgehead atoms. The summed E-state index contributed by atoms with van der Waals surface area (Å²) in [5.74, 6) is -2.03. The van der Waals surface area contributed by atoms with E-state index in [1.54, 1.807) is 13.1 Å². The molecule has 208 valence electrons. The van der Waals surface area contributed by atoms with Crippen molar-refractivity contribution < 1.29 is 24.5 Å². The van der Waals surface area contributed by atoms with Crippen molar-refractivity contribution in [3.63, 3.8) is 0 Å². The first-order chi connectivity index (χ1) is 18.8. The number of ether oxygens (including phenoxy) is 1. The van der Waals surface area contributed by atoms with Gasteiger partial charge in [0.25, 0.3) is 5.91 Å². The van der Waals surface area contributed by atoms with Crippen LogP contribution in [0.15, 0.2) is 73.0 Å². The van der Waals surface area contributed by atoms with E-state index < -0.39 is 24.1 Å². The summed E-state index contributed by atoms with van der Waals surface area (Å²) in [5.41, 5.74) is 5.09. The van der Waals surface area contributed by atoms with Gasteiger partial charge in [0.2, 0.25) is 6.10 Å². The van der Waals surface area contributed by atoms with Crippen LogP contribution in [0.25, 0.3) is 10.8 Å². The van der Waals surface area contributed by atoms with Gasteiger partial charge in [0.05, 0.1) is 6.26 Å². The fourth-order valence-electron chi connectivity index (χ4n) is 4.57. The number of carboxylic acid groups (broad SMARTS) is 1. The average Bonchev–Trinajstić information content (AvgIpc) is 2.93. The van der Waals surface area contributed by atoms with Crippen molar-refractivity contribution in [3.05, 3.63) is 95.3 Å². The van der Waals surface area contributed by atoms with E-state index in [9.17, 15) is 19.8 Å². The summed E-state index contributed by atoms with van der Waals surface area (Å²) in [6.07, 6.45) is 5.85. The molecular formula is C33H41NO5. The normalized spacial score (nSPS) is 12.9. The molecule has 0 aliphatic carbocycles. The fourth-order valence-corrected chi connectivity index (χ4v) is 4.57. The predicted octanol–water partition coefficient (Wildman–Crippen LogP) is 6.00. The van der Waals surface area contributed by atoms with E-state index in [4.69, 9.17) is 4.74 Å². The Labute approximate surface area is 231 Å². The van der Waals surface area contributed by atoms with Crippen molar-refractivity contribution in [3.8, 4) is 0 Å². The van der Waals surface area contributed by atoms with Crippen molar-refractivity contribution >= 4 is 22.6 Å². The molecule has 6 heteroatoms. The molecule has 0 spiro atoms. The zero-order valence-corrected chi connectivity index (χ0v) is 23.3. The molecule has 6 nitrogen and oxygen atoms in total. The van der Waals surface area contributed by atoms with Gasteiger partial charge in [0.15, 0.2) is 6.10 Å². The number of allylic oxidation sites excluding steroid dienone is 1. The number of amides is 1. The molecule has 2 atom stereocenters. The lowest BCUT2D eigenvalue weighted by Gasteiger charge is -2.25. The number of fused-ring (bicyclic) bond motifs is 1. The number of aliphatic carboxylic acids is 1. The molecule has 0 aromatic heterocycles. The van der Waals surface area contributed by atoms with Crippen molar-refractivity contribution in [2.24, 2.45) is 0 Å². The number of rotatable bonds is 15. The van der Waals surface area contributed by atoms with Crippen LogP contribution < -0.4 is 0 Å². The van der Waals surface area contributed by atoms with E-state index in [0.717, 1.165) is 38.5 Å². The van der Waals surface area contributed by atoms with Crippen molar-refractivity contribution in [2.75, 3.05) is 13.6 Å². The molecule has 0 saturated carbocycles. The van der Waals surface area contributed by atoms with Gasteiger partial charge in [0, 0.05) is 13.6 Å². The Kier molecular flexibility index (Phi) is 11.6. The van der Waals surface area contributed by atoms with Crippen LogP contribution in [0.5, 0.6) is 0 Å². The van der Waals surface area contributed by atoms with E-state index >= 15 is 0 Å². The number of carbonyl (C=O) groups excluding carboxylic acids is 1. The Bertz CT molecular complexity index is 1270. The average molecular weight is 532 g/mol. The van der Waals surface area contributed by atoms with Crippen LogP contribution in [0.3, 0.4) is 0 Å². The second-order valence-electron chi connectivity index (χ2n) is 10.3. The fraction of sp³-hybridized carbons (Fsp3) is 0.394. The first-order valence-corrected chi connectivity index (χ1v) is 13.8. The maximum atomic E-state index is 12.9. The van der Waals surface area contributed by atoms with Crippen LogP contribution in [0.1, 0.15) is 54.4 Å². The van der Waals surface area contributed by atoms with Crippen LogP contribution in [-0.4, -0.2) is 52.8 Å². The topological polar surface area (TPSA) is 87.1 Å². The van der Waals surface area contributed by atoms with Crippen molar-refractivity contribution in [1.29, 1.82) is 0 Å². The smallest absolute Gasteiger partial charge is 0.337 e. The van der Waals surface area contributed by atoms with Crippen LogP contribution in [0.2, 0.25) is 0 Å². The number of hydrogen-bond donors (Lipinski definition) is 2. The van der Waals surface area contributed by atoms with Gasteiger partial charge in [-0.1, -0.05) is 67.1 Å². The van der Waals surface area contributed by atoms with Gasteiger partial charge in [-0.25, -0.2) is 4.79 Å². The quantitative estimate of drug-likeness (QED) is 0.186. The molecule has 0 aliphatic rings. The van der Waals surface area contributed by atoms with Crippen molar-refractivity contribution in [2.45, 2.75) is 71.0 Å². The minimum absolute atomic E-state index is 0.461. The number of nitrogens with zero attached hydrogens (tertiary/aromatic N) is 1. The summed E-state index contributed by atoms with van der Waals surface area (Å²) in [5, 5.41) is 21.9. The summed E-state index contributed by atoms with van der Waals surface area (Å²) in [6.45, 7) is 4.65. The largest absolute Gasteiger partial charge is 0.485 e. The molecule has 2 N–H and O–H groups in total. The Morgan fingerprint density at radius 1 is 0.872 bits per heavy atom. The third kappa shape index (κ3) is 9.25. The molecule has 39 heavy (non-hydrogen) atoms. The third-order valence-corrected chi connectivity index (χ3v) is 7.16. The van der Waals surface area contributed by atoms with Gasteiger partial charge >= 0.3 is 5.97 Å². The maximum Gasteiger partial charge on any atom is 0.337 e. The number of unbranched alkanes of at least 4 members (excludes halogenated alkanes) is 3. The standard InChI is InChI=1S/C33H41NO5/c1-24-16-17-26(22-25(24)2)12-7-5-11-21-39-31(30(35)33(37)38)32(36)34(3)20-10-4-6-13-27-18-19-28-14-8-9-15-29(28)23-27/h8-9,11,14-19,21-23,30-31,35H,4-7,10,12-13,20H2,1-3H3,(H,37,38)/b21-11+/t30-,31-/m1/s1. The van der Waals surface area contributed by atoms with Gasteiger partial charge in [0.1, 0.15) is 0 Å². The minimum Gasteiger partial charge on any atom is -0.485 e. The Morgan fingerprint density at radius 2 is 1.56 bits per heavy atom. The Morgan fingerprint density at radius 3 is 2.31 bits per heavy atom. The molecule has 0 aliphatic heterocycles. The number of likely N-dealkylation sites (N-methyl/N-ethyl adjacent to an activating group) is 1. The lowest BCUT2D eigenvalue weighted by Crippen LogP contribution is -2.47. The minimum atomic E-state index is -1.94. The van der Waals surface area contributed by atoms with E-state index in [1.807, 2.05) is 12.1 Å². The molecule has 0 fully saturated rings. The van der Waals surface area contributed by atoms with Gasteiger partial charge in [-0.05, 0) is 91.5 Å². The third-order valence-electron chi connectivity index (χ3n) is 7.16. The summed E-state index contributed by atoms with van der Waals surface area (Å²) >= 11 is 0. The number of aliphatic hydroxyl groups is 1. The second kappa shape index (κ2) is 15.1. The summed E-state index contributed by atoms with van der Waals surface area (Å²) in [6, 6.07) is 21.3. The highest BCUT2D eigenvalue weighted by Crippen LogP contribution is 2.18. The summed E-state index contributed by atoms with van der Waals surface area (Å²) in [7, 11) is 1.61. The van der Waals surface area contributed by atoms with Gasteiger partial charge < -0.3 is 19.8 Å². The molecule has 3 aromatic rings. The zero-order chi connectivity index (χ0) is 28.2. The Balaban J connectivity index is 1.41. The molecule has 0 heterocycles. The summed E-state index contributed by atoms with van der Waals surface area (Å²) < 4.78 is 5.45. The number of aliphatic hydroxyl groups excluding tert-OH is 1. The Hall–Kier alpha value is -3.64. The number of aryl methyl sites for hydroxylation is 4. The lowest BCUT2D eigenvalue weighted by molar-refractivity contribution is -0.162. The number of hydrogen-bond acceptors (Lipinski definition) is 4. The lowest BCUT2D eigenvalue weighted by atomic mass is 10.0. The van der Waals surface area contributed by atoms with E-state index in [1.165, 1.54) is 44.2 Å². The van der Waals surface area contributed by atoms with Crippen LogP contribution in [-0.2, 0) is 27.2 Å².